The first kappa shape index (κ1) is 25.2. The van der Waals surface area contributed by atoms with Gasteiger partial charge in [0, 0.05) is 18.4 Å². The van der Waals surface area contributed by atoms with E-state index in [-0.39, 0.29) is 24.2 Å². The first-order valence-corrected chi connectivity index (χ1v) is 11.8. The normalized spacial score (nSPS) is 12.7. The molecular formula is C29H34N2O3. The summed E-state index contributed by atoms with van der Waals surface area (Å²) in [5.41, 5.74) is 10.1. The van der Waals surface area contributed by atoms with E-state index in [1.165, 1.54) is 7.11 Å². The third kappa shape index (κ3) is 6.78. The molecule has 3 aromatic rings. The van der Waals surface area contributed by atoms with Crippen LogP contribution in [0.1, 0.15) is 47.9 Å². The van der Waals surface area contributed by atoms with E-state index in [4.69, 9.17) is 10.5 Å². The summed E-state index contributed by atoms with van der Waals surface area (Å²) in [6.07, 6.45) is 2.18. The summed E-state index contributed by atoms with van der Waals surface area (Å²) in [4.78, 5) is 26.1. The number of rotatable bonds is 11. The Bertz CT molecular complexity index is 1010. The molecule has 0 aliphatic rings. The second-order valence-corrected chi connectivity index (χ2v) is 8.53. The van der Waals surface area contributed by atoms with E-state index in [1.807, 2.05) is 78.9 Å². The quantitative estimate of drug-likeness (QED) is 0.422. The van der Waals surface area contributed by atoms with Crippen molar-refractivity contribution in [2.45, 2.75) is 50.6 Å². The third-order valence-electron chi connectivity index (χ3n) is 6.25. The Kier molecular flexibility index (Phi) is 9.41. The molecule has 1 amide bonds. The zero-order valence-corrected chi connectivity index (χ0v) is 19.9. The van der Waals surface area contributed by atoms with Gasteiger partial charge in [-0.2, -0.15) is 0 Å². The number of hydrogen-bond acceptors (Lipinski definition) is 4. The lowest BCUT2D eigenvalue weighted by molar-refractivity contribution is -0.120. The molecular weight excluding hydrogens is 424 g/mol. The molecule has 3 aromatic carbocycles. The van der Waals surface area contributed by atoms with E-state index in [1.54, 1.807) is 0 Å². The number of nitrogens with two attached hydrogens (primary N) is 1. The number of carbonyl (C=O) groups is 2. The predicted molar refractivity (Wildman–Crippen MR) is 136 cm³/mol. The van der Waals surface area contributed by atoms with E-state index in [9.17, 15) is 9.59 Å². The van der Waals surface area contributed by atoms with Crippen molar-refractivity contribution in [2.24, 2.45) is 5.73 Å². The van der Waals surface area contributed by atoms with E-state index in [0.29, 0.717) is 0 Å². The van der Waals surface area contributed by atoms with Crippen molar-refractivity contribution in [1.82, 2.24) is 5.32 Å². The molecule has 3 rings (SSSR count). The summed E-state index contributed by atoms with van der Waals surface area (Å²) >= 11 is 0. The first-order valence-electron chi connectivity index (χ1n) is 11.8. The Hall–Kier alpha value is -3.44. The number of alkyl carbamates (subject to hydrolysis) is 1. The second-order valence-electron chi connectivity index (χ2n) is 8.53. The van der Waals surface area contributed by atoms with Crippen molar-refractivity contribution in [1.29, 1.82) is 0 Å². The Labute approximate surface area is 202 Å². The highest BCUT2D eigenvalue weighted by Crippen LogP contribution is 2.30. The minimum atomic E-state index is -0.789. The van der Waals surface area contributed by atoms with Gasteiger partial charge in [-0.05, 0) is 41.5 Å². The fraction of sp³-hybridized carbons (Fsp3) is 0.310. The highest BCUT2D eigenvalue weighted by molar-refractivity contribution is 5.90. The maximum absolute atomic E-state index is 13.8. The van der Waals surface area contributed by atoms with Crippen LogP contribution in [0.4, 0.5) is 4.79 Å². The van der Waals surface area contributed by atoms with Crippen LogP contribution < -0.4 is 11.1 Å². The lowest BCUT2D eigenvalue weighted by Gasteiger charge is -2.28. The monoisotopic (exact) mass is 458 g/mol. The molecule has 0 unspecified atom stereocenters. The van der Waals surface area contributed by atoms with Crippen molar-refractivity contribution in [2.75, 3.05) is 7.11 Å². The van der Waals surface area contributed by atoms with Gasteiger partial charge in [-0.1, -0.05) is 91.9 Å². The van der Waals surface area contributed by atoms with Crippen molar-refractivity contribution in [3.63, 3.8) is 0 Å². The summed E-state index contributed by atoms with van der Waals surface area (Å²) in [5.74, 6) is -0.426. The van der Waals surface area contributed by atoms with Gasteiger partial charge in [-0.3, -0.25) is 4.79 Å². The number of nitrogens with one attached hydrogen (secondary N) is 1. The molecule has 0 aromatic heterocycles. The van der Waals surface area contributed by atoms with Gasteiger partial charge in [0.1, 0.15) is 6.04 Å². The Morgan fingerprint density at radius 3 is 1.91 bits per heavy atom. The largest absolute Gasteiger partial charge is 0.453 e. The Balaban J connectivity index is 1.95. The van der Waals surface area contributed by atoms with E-state index in [2.05, 4.69) is 18.3 Å². The fourth-order valence-corrected chi connectivity index (χ4v) is 4.25. The number of Topliss-reactive ketones (excluding diaryl/α,β-unsaturated/α-hetero) is 1. The van der Waals surface area contributed by atoms with Crippen molar-refractivity contribution < 1.29 is 14.3 Å². The zero-order valence-electron chi connectivity index (χ0n) is 19.9. The maximum Gasteiger partial charge on any atom is 0.407 e. The highest BCUT2D eigenvalue weighted by Gasteiger charge is 2.32. The van der Waals surface area contributed by atoms with Gasteiger partial charge in [-0.25, -0.2) is 4.79 Å². The molecule has 0 aliphatic carbocycles. The maximum atomic E-state index is 13.8. The molecule has 0 saturated carbocycles. The number of amides is 1. The van der Waals surface area contributed by atoms with Crippen LogP contribution in [0.3, 0.4) is 0 Å². The van der Waals surface area contributed by atoms with Gasteiger partial charge in [0.15, 0.2) is 5.78 Å². The van der Waals surface area contributed by atoms with Crippen LogP contribution in [0.2, 0.25) is 0 Å². The lowest BCUT2D eigenvalue weighted by atomic mass is 9.81. The number of methoxy groups -OCH3 is 1. The molecule has 0 fully saturated rings. The number of ether oxygens (including phenoxy) is 1. The van der Waals surface area contributed by atoms with Crippen LogP contribution in [0.25, 0.3) is 0 Å². The number of hydrogen-bond donors (Lipinski definition) is 2. The summed E-state index contributed by atoms with van der Waals surface area (Å²) in [5, 5.41) is 2.83. The van der Waals surface area contributed by atoms with E-state index < -0.39 is 12.1 Å². The van der Waals surface area contributed by atoms with Crippen LogP contribution in [0, 0.1) is 0 Å². The van der Waals surface area contributed by atoms with Gasteiger partial charge < -0.3 is 15.8 Å². The summed E-state index contributed by atoms with van der Waals surface area (Å²) in [7, 11) is 1.31. The Morgan fingerprint density at radius 2 is 1.38 bits per heavy atom. The van der Waals surface area contributed by atoms with E-state index in [0.717, 1.165) is 41.5 Å². The first-order chi connectivity index (χ1) is 16.5. The van der Waals surface area contributed by atoms with Crippen LogP contribution in [-0.2, 0) is 22.4 Å². The molecule has 0 aliphatic heterocycles. The van der Waals surface area contributed by atoms with Crippen LogP contribution >= 0.6 is 0 Å². The molecule has 0 saturated heterocycles. The molecule has 0 bridgehead atoms. The predicted octanol–water partition coefficient (Wildman–Crippen LogP) is 5.02. The average molecular weight is 459 g/mol. The summed E-state index contributed by atoms with van der Waals surface area (Å²) in [6, 6.07) is 26.9. The summed E-state index contributed by atoms with van der Waals surface area (Å²) in [6.45, 7) is 2.08. The highest BCUT2D eigenvalue weighted by atomic mass is 16.5. The second kappa shape index (κ2) is 12.7. The molecule has 2 atom stereocenters. The minimum absolute atomic E-state index is 0.0738. The van der Waals surface area contributed by atoms with Crippen LogP contribution in [0.15, 0.2) is 84.9 Å². The van der Waals surface area contributed by atoms with Gasteiger partial charge in [0.05, 0.1) is 7.11 Å². The van der Waals surface area contributed by atoms with Crippen LogP contribution in [-0.4, -0.2) is 31.1 Å². The molecule has 0 spiro atoms. The molecule has 0 radical (unpaired) electrons. The third-order valence-corrected chi connectivity index (χ3v) is 6.25. The van der Waals surface area contributed by atoms with Gasteiger partial charge in [0.2, 0.25) is 0 Å². The molecule has 3 N–H and O–H groups in total. The van der Waals surface area contributed by atoms with Crippen molar-refractivity contribution >= 4 is 11.9 Å². The molecule has 178 valence electrons. The van der Waals surface area contributed by atoms with Gasteiger partial charge >= 0.3 is 6.09 Å². The number of ketones is 1. The minimum Gasteiger partial charge on any atom is -0.453 e. The zero-order chi connectivity index (χ0) is 24.3. The average Bonchev–Trinajstić information content (AvgIpc) is 2.88. The standard InChI is InChI=1S/C29H34N2O3/c1-3-25(30)19-18-21-12-10-11-17-24(21)20-26(32)28(31-29(33)34-2)27(22-13-6-4-7-14-22)23-15-8-5-9-16-23/h4-17,25,27-28H,3,18-20,30H2,1-2H3,(H,31,33)/t25-,28-/m1/s1. The topological polar surface area (TPSA) is 81.4 Å². The molecule has 5 heteroatoms. The van der Waals surface area contributed by atoms with Crippen molar-refractivity contribution in [3.8, 4) is 0 Å². The molecule has 34 heavy (non-hydrogen) atoms. The molecule has 5 nitrogen and oxygen atoms in total. The number of benzene rings is 3. The summed E-state index contributed by atoms with van der Waals surface area (Å²) < 4.78 is 4.89. The van der Waals surface area contributed by atoms with Gasteiger partial charge in [0.25, 0.3) is 0 Å². The Morgan fingerprint density at radius 1 is 0.853 bits per heavy atom. The smallest absolute Gasteiger partial charge is 0.407 e. The van der Waals surface area contributed by atoms with Crippen LogP contribution in [0.5, 0.6) is 0 Å². The lowest BCUT2D eigenvalue weighted by Crippen LogP contribution is -2.46. The SMILES string of the molecule is CC[C@@H](N)CCc1ccccc1CC(=O)[C@@H](NC(=O)OC)C(c1ccccc1)c1ccccc1. The number of carbonyl (C=O) groups excluding carboxylic acids is 2. The fourth-order valence-electron chi connectivity index (χ4n) is 4.25. The van der Waals surface area contributed by atoms with E-state index >= 15 is 0 Å². The van der Waals surface area contributed by atoms with Gasteiger partial charge in [-0.15, -0.1) is 0 Å². The van der Waals surface area contributed by atoms with Crippen molar-refractivity contribution in [3.05, 3.63) is 107 Å². The molecule has 0 heterocycles. The number of aryl methyl sites for hydroxylation is 1.